The highest BCUT2D eigenvalue weighted by molar-refractivity contribution is 5.93. The molecule has 1 aromatic carbocycles. The van der Waals surface area contributed by atoms with Crippen molar-refractivity contribution in [3.63, 3.8) is 0 Å². The molecular weight excluding hydrogens is 234 g/mol. The van der Waals surface area contributed by atoms with Crippen LogP contribution in [-0.2, 0) is 9.59 Å². The summed E-state index contributed by atoms with van der Waals surface area (Å²) >= 11 is 0. The number of hydrogen-bond acceptors (Lipinski definition) is 3. The van der Waals surface area contributed by atoms with E-state index in [0.29, 0.717) is 17.9 Å². The van der Waals surface area contributed by atoms with E-state index < -0.39 is 11.9 Å². The predicted octanol–water partition coefficient (Wildman–Crippen LogP) is 2.13. The Hall–Kier alpha value is -2.04. The fourth-order valence-electron chi connectivity index (χ4n) is 1.54. The Morgan fingerprint density at radius 1 is 1.44 bits per heavy atom. The monoisotopic (exact) mass is 251 g/mol. The zero-order chi connectivity index (χ0) is 13.5. The van der Waals surface area contributed by atoms with Crippen LogP contribution in [0.3, 0.4) is 0 Å². The number of amides is 1. The number of carbonyl (C=O) groups is 2. The van der Waals surface area contributed by atoms with Crippen LogP contribution in [-0.4, -0.2) is 24.1 Å². The van der Waals surface area contributed by atoms with Gasteiger partial charge in [-0.25, -0.2) is 0 Å². The molecule has 98 valence electrons. The second kappa shape index (κ2) is 6.64. The van der Waals surface area contributed by atoms with E-state index in [9.17, 15) is 9.59 Å². The van der Waals surface area contributed by atoms with Gasteiger partial charge < -0.3 is 15.2 Å². The minimum atomic E-state index is -0.946. The number of carboxylic acid groups (broad SMARTS) is 1. The first-order valence-electron chi connectivity index (χ1n) is 5.73. The van der Waals surface area contributed by atoms with E-state index in [1.807, 2.05) is 0 Å². The van der Waals surface area contributed by atoms with Gasteiger partial charge in [0.15, 0.2) is 0 Å². The number of benzene rings is 1. The van der Waals surface area contributed by atoms with Crippen LogP contribution >= 0.6 is 0 Å². The van der Waals surface area contributed by atoms with Crippen molar-refractivity contribution in [3.8, 4) is 5.75 Å². The van der Waals surface area contributed by atoms with Gasteiger partial charge in [-0.1, -0.05) is 13.0 Å². The molecule has 0 saturated carbocycles. The molecule has 0 aromatic heterocycles. The second-order valence-corrected chi connectivity index (χ2v) is 3.93. The molecule has 0 radical (unpaired) electrons. The Balaban J connectivity index is 2.61. The first-order valence-corrected chi connectivity index (χ1v) is 5.73. The predicted molar refractivity (Wildman–Crippen MR) is 67.7 cm³/mol. The molecule has 5 heteroatoms. The summed E-state index contributed by atoms with van der Waals surface area (Å²) in [6.07, 6.45) is 0.407. The van der Waals surface area contributed by atoms with Gasteiger partial charge in [0.1, 0.15) is 5.75 Å². The van der Waals surface area contributed by atoms with Crippen molar-refractivity contribution in [3.05, 3.63) is 24.3 Å². The zero-order valence-corrected chi connectivity index (χ0v) is 10.5. The lowest BCUT2D eigenvalue weighted by molar-refractivity contribution is -0.143. The molecular formula is C13H17NO4. The molecule has 2 N–H and O–H groups in total. The standard InChI is InChI=1S/C13H17NO4/c1-3-9(13(16)17)7-12(15)14-10-5-4-6-11(8-10)18-2/h4-6,8-9H,3,7H2,1-2H3,(H,14,15)(H,16,17). The summed E-state index contributed by atoms with van der Waals surface area (Å²) in [5, 5.41) is 11.5. The molecule has 0 fully saturated rings. The fourth-order valence-corrected chi connectivity index (χ4v) is 1.54. The molecule has 5 nitrogen and oxygen atoms in total. The highest BCUT2D eigenvalue weighted by atomic mass is 16.5. The fraction of sp³-hybridized carbons (Fsp3) is 0.385. The van der Waals surface area contributed by atoms with Crippen LogP contribution in [0.5, 0.6) is 5.75 Å². The van der Waals surface area contributed by atoms with E-state index in [-0.39, 0.29) is 12.3 Å². The molecule has 0 spiro atoms. The van der Waals surface area contributed by atoms with Gasteiger partial charge in [0.05, 0.1) is 13.0 Å². The quantitative estimate of drug-likeness (QED) is 0.812. The highest BCUT2D eigenvalue weighted by Gasteiger charge is 2.19. The maximum atomic E-state index is 11.7. The number of methoxy groups -OCH3 is 1. The van der Waals surface area contributed by atoms with E-state index in [2.05, 4.69) is 5.32 Å². The van der Waals surface area contributed by atoms with Gasteiger partial charge in [0, 0.05) is 18.2 Å². The Bertz CT molecular complexity index is 431. The Morgan fingerprint density at radius 3 is 2.72 bits per heavy atom. The largest absolute Gasteiger partial charge is 0.497 e. The summed E-state index contributed by atoms with van der Waals surface area (Å²) in [5.41, 5.74) is 0.597. The van der Waals surface area contributed by atoms with Gasteiger partial charge in [-0.05, 0) is 18.6 Å². The maximum Gasteiger partial charge on any atom is 0.307 e. The third-order valence-electron chi connectivity index (χ3n) is 2.63. The third-order valence-corrected chi connectivity index (χ3v) is 2.63. The van der Waals surface area contributed by atoms with Crippen molar-refractivity contribution in [1.29, 1.82) is 0 Å². The van der Waals surface area contributed by atoms with Gasteiger partial charge in [-0.15, -0.1) is 0 Å². The second-order valence-electron chi connectivity index (χ2n) is 3.93. The van der Waals surface area contributed by atoms with E-state index >= 15 is 0 Å². The van der Waals surface area contributed by atoms with Gasteiger partial charge >= 0.3 is 5.97 Å². The SMILES string of the molecule is CCC(CC(=O)Nc1cccc(OC)c1)C(=O)O. The van der Waals surface area contributed by atoms with Crippen LogP contribution in [0, 0.1) is 5.92 Å². The zero-order valence-electron chi connectivity index (χ0n) is 10.5. The minimum absolute atomic E-state index is 0.0248. The molecule has 1 aromatic rings. The average molecular weight is 251 g/mol. The lowest BCUT2D eigenvalue weighted by Crippen LogP contribution is -2.21. The number of ether oxygens (including phenoxy) is 1. The number of anilines is 1. The number of aliphatic carboxylic acids is 1. The van der Waals surface area contributed by atoms with Crippen molar-refractivity contribution < 1.29 is 19.4 Å². The smallest absolute Gasteiger partial charge is 0.307 e. The van der Waals surface area contributed by atoms with Gasteiger partial charge in [-0.2, -0.15) is 0 Å². The van der Waals surface area contributed by atoms with Crippen molar-refractivity contribution in [1.82, 2.24) is 0 Å². The van der Waals surface area contributed by atoms with E-state index in [4.69, 9.17) is 9.84 Å². The molecule has 1 amide bonds. The topological polar surface area (TPSA) is 75.6 Å². The lowest BCUT2D eigenvalue weighted by Gasteiger charge is -2.10. The van der Waals surface area contributed by atoms with Crippen molar-refractivity contribution in [2.24, 2.45) is 5.92 Å². The molecule has 0 heterocycles. The minimum Gasteiger partial charge on any atom is -0.497 e. The Labute approximate surface area is 106 Å². The number of carbonyl (C=O) groups excluding carboxylic acids is 1. The van der Waals surface area contributed by atoms with Crippen LogP contribution in [0.25, 0.3) is 0 Å². The molecule has 0 bridgehead atoms. The summed E-state index contributed by atoms with van der Waals surface area (Å²) in [5.74, 6) is -1.26. The first-order chi connectivity index (χ1) is 8.56. The van der Waals surface area contributed by atoms with Crippen LogP contribution in [0.2, 0.25) is 0 Å². The summed E-state index contributed by atoms with van der Waals surface area (Å²) in [7, 11) is 1.54. The summed E-state index contributed by atoms with van der Waals surface area (Å²) < 4.78 is 5.03. The summed E-state index contributed by atoms with van der Waals surface area (Å²) in [4.78, 5) is 22.5. The maximum absolute atomic E-state index is 11.7. The van der Waals surface area contributed by atoms with Crippen LogP contribution < -0.4 is 10.1 Å². The molecule has 0 saturated heterocycles. The van der Waals surface area contributed by atoms with Gasteiger partial charge in [0.2, 0.25) is 5.91 Å². The van der Waals surface area contributed by atoms with Crippen molar-refractivity contribution in [2.45, 2.75) is 19.8 Å². The van der Waals surface area contributed by atoms with Crippen LogP contribution in [0.15, 0.2) is 24.3 Å². The number of carboxylic acids is 1. The summed E-state index contributed by atoms with van der Waals surface area (Å²) in [6.45, 7) is 1.75. The average Bonchev–Trinajstić information content (AvgIpc) is 2.35. The van der Waals surface area contributed by atoms with Crippen LogP contribution in [0.4, 0.5) is 5.69 Å². The molecule has 0 aliphatic carbocycles. The van der Waals surface area contributed by atoms with Crippen LogP contribution in [0.1, 0.15) is 19.8 Å². The number of nitrogens with one attached hydrogen (secondary N) is 1. The van der Waals surface area contributed by atoms with E-state index in [1.54, 1.807) is 38.3 Å². The first kappa shape index (κ1) is 14.0. The normalized spacial score (nSPS) is 11.7. The molecule has 0 aliphatic heterocycles. The third kappa shape index (κ3) is 4.08. The number of hydrogen-bond donors (Lipinski definition) is 2. The Kier molecular flexibility index (Phi) is 5.17. The Morgan fingerprint density at radius 2 is 2.17 bits per heavy atom. The summed E-state index contributed by atoms with van der Waals surface area (Å²) in [6, 6.07) is 6.92. The molecule has 18 heavy (non-hydrogen) atoms. The molecule has 1 atom stereocenters. The van der Waals surface area contributed by atoms with E-state index in [1.165, 1.54) is 0 Å². The van der Waals surface area contributed by atoms with E-state index in [0.717, 1.165) is 0 Å². The van der Waals surface area contributed by atoms with Gasteiger partial charge in [0.25, 0.3) is 0 Å². The van der Waals surface area contributed by atoms with Gasteiger partial charge in [-0.3, -0.25) is 9.59 Å². The molecule has 1 rings (SSSR count). The number of rotatable bonds is 6. The molecule has 1 unspecified atom stereocenters. The highest BCUT2D eigenvalue weighted by Crippen LogP contribution is 2.17. The lowest BCUT2D eigenvalue weighted by atomic mass is 10.0. The van der Waals surface area contributed by atoms with Crippen molar-refractivity contribution in [2.75, 3.05) is 12.4 Å². The molecule has 0 aliphatic rings. The van der Waals surface area contributed by atoms with Crippen molar-refractivity contribution >= 4 is 17.6 Å².